The maximum atomic E-state index is 12.9. The van der Waals surface area contributed by atoms with Crippen LogP contribution in [-0.4, -0.2) is 18.5 Å². The number of esters is 1. The molecule has 0 N–H and O–H groups in total. The summed E-state index contributed by atoms with van der Waals surface area (Å²) in [6.07, 6.45) is 1.80. The van der Waals surface area contributed by atoms with E-state index in [1.165, 1.54) is 0 Å². The molecular formula is C25H17BrO6. The van der Waals surface area contributed by atoms with E-state index < -0.39 is 5.97 Å². The smallest absolute Gasteiger partial charge is 0.315 e. The van der Waals surface area contributed by atoms with Crippen molar-refractivity contribution in [2.45, 2.75) is 13.0 Å². The second-order valence-electron chi connectivity index (χ2n) is 7.33. The molecule has 3 aromatic carbocycles. The lowest BCUT2D eigenvalue weighted by Crippen LogP contribution is -2.12. The van der Waals surface area contributed by atoms with Gasteiger partial charge in [0.25, 0.3) is 0 Å². The van der Waals surface area contributed by atoms with Crippen LogP contribution in [0, 0.1) is 0 Å². The lowest BCUT2D eigenvalue weighted by atomic mass is 10.1. The zero-order valence-corrected chi connectivity index (χ0v) is 18.4. The van der Waals surface area contributed by atoms with E-state index in [1.54, 1.807) is 24.3 Å². The van der Waals surface area contributed by atoms with Crippen LogP contribution < -0.4 is 14.2 Å². The third-order valence-electron chi connectivity index (χ3n) is 5.05. The van der Waals surface area contributed by atoms with Crippen molar-refractivity contribution in [2.24, 2.45) is 0 Å². The number of ketones is 1. The van der Waals surface area contributed by atoms with Gasteiger partial charge < -0.3 is 18.9 Å². The van der Waals surface area contributed by atoms with E-state index in [2.05, 4.69) is 15.9 Å². The van der Waals surface area contributed by atoms with Crippen molar-refractivity contribution in [3.05, 3.63) is 93.1 Å². The van der Waals surface area contributed by atoms with Crippen LogP contribution in [0.3, 0.4) is 0 Å². The highest BCUT2D eigenvalue weighted by molar-refractivity contribution is 9.10. The van der Waals surface area contributed by atoms with Crippen molar-refractivity contribution in [1.82, 2.24) is 0 Å². The summed E-state index contributed by atoms with van der Waals surface area (Å²) >= 11 is 3.48. The van der Waals surface area contributed by atoms with Crippen LogP contribution in [0.25, 0.3) is 6.08 Å². The van der Waals surface area contributed by atoms with Crippen molar-refractivity contribution in [2.75, 3.05) is 6.79 Å². The van der Waals surface area contributed by atoms with Gasteiger partial charge in [-0.3, -0.25) is 9.59 Å². The topological polar surface area (TPSA) is 71.1 Å². The lowest BCUT2D eigenvalue weighted by molar-refractivity contribution is -0.133. The van der Waals surface area contributed by atoms with E-state index in [4.69, 9.17) is 18.9 Å². The van der Waals surface area contributed by atoms with E-state index in [1.807, 2.05) is 42.5 Å². The molecule has 0 unspecified atom stereocenters. The fraction of sp³-hybridized carbons (Fsp3) is 0.120. The Morgan fingerprint density at radius 1 is 1.09 bits per heavy atom. The van der Waals surface area contributed by atoms with Gasteiger partial charge in [0.1, 0.15) is 17.2 Å². The second kappa shape index (κ2) is 8.61. The highest BCUT2D eigenvalue weighted by atomic mass is 79.9. The predicted molar refractivity (Wildman–Crippen MR) is 120 cm³/mol. The van der Waals surface area contributed by atoms with E-state index in [-0.39, 0.29) is 24.8 Å². The Kier molecular flexibility index (Phi) is 5.51. The summed E-state index contributed by atoms with van der Waals surface area (Å²) in [4.78, 5) is 25.1. The van der Waals surface area contributed by atoms with Gasteiger partial charge in [-0.2, -0.15) is 0 Å². The maximum absolute atomic E-state index is 12.9. The molecule has 2 aliphatic heterocycles. The Labute approximate surface area is 192 Å². The summed E-state index contributed by atoms with van der Waals surface area (Å²) in [5.74, 6) is 0.857. The van der Waals surface area contributed by atoms with Crippen molar-refractivity contribution in [3.63, 3.8) is 0 Å². The fourth-order valence-corrected chi connectivity index (χ4v) is 4.14. The maximum Gasteiger partial charge on any atom is 0.315 e. The normalized spacial score (nSPS) is 15.5. The number of hydrogen-bond donors (Lipinski definition) is 0. The first-order chi connectivity index (χ1) is 15.6. The molecule has 0 saturated heterocycles. The minimum Gasteiger partial charge on any atom is -0.467 e. The number of Topliss-reactive ketones (excluding diaryl/α,β-unsaturated/α-hetero) is 1. The van der Waals surface area contributed by atoms with Gasteiger partial charge in [-0.15, -0.1) is 0 Å². The highest BCUT2D eigenvalue weighted by Gasteiger charge is 2.29. The summed E-state index contributed by atoms with van der Waals surface area (Å²) in [6, 6.07) is 17.9. The number of carbonyl (C=O) groups excluding carboxylic acids is 2. The van der Waals surface area contributed by atoms with Crippen molar-refractivity contribution < 1.29 is 28.5 Å². The Hall–Kier alpha value is -3.42. The van der Waals surface area contributed by atoms with E-state index >= 15 is 0 Å². The molecule has 0 bridgehead atoms. The summed E-state index contributed by atoms with van der Waals surface area (Å²) in [7, 11) is 0. The summed E-state index contributed by atoms with van der Waals surface area (Å²) in [6.45, 7) is 0.579. The number of benzene rings is 3. The van der Waals surface area contributed by atoms with Crippen molar-refractivity contribution in [1.29, 1.82) is 0 Å². The van der Waals surface area contributed by atoms with Crippen molar-refractivity contribution in [3.8, 4) is 17.2 Å². The summed E-state index contributed by atoms with van der Waals surface area (Å²) in [5, 5.41) is 0. The fourth-order valence-electron chi connectivity index (χ4n) is 3.62. The first-order valence-corrected chi connectivity index (χ1v) is 10.7. The molecule has 0 atom stereocenters. The Morgan fingerprint density at radius 2 is 1.94 bits per heavy atom. The van der Waals surface area contributed by atoms with Crippen LogP contribution in [0.5, 0.6) is 17.2 Å². The number of ether oxygens (including phenoxy) is 4. The molecule has 0 aliphatic carbocycles. The van der Waals surface area contributed by atoms with Gasteiger partial charge in [-0.25, -0.2) is 0 Å². The number of allylic oxidation sites excluding steroid dienone is 1. The molecule has 7 heteroatoms. The quantitative estimate of drug-likeness (QED) is 0.287. The van der Waals surface area contributed by atoms with E-state index in [9.17, 15) is 9.59 Å². The molecule has 3 aromatic rings. The first-order valence-electron chi connectivity index (χ1n) is 9.93. The molecule has 0 saturated carbocycles. The van der Waals surface area contributed by atoms with Gasteiger partial charge >= 0.3 is 5.97 Å². The molecule has 6 nitrogen and oxygen atoms in total. The van der Waals surface area contributed by atoms with Crippen LogP contribution >= 0.6 is 15.9 Å². The second-order valence-corrected chi connectivity index (χ2v) is 8.24. The number of rotatable bonds is 4. The Morgan fingerprint density at radius 3 is 2.78 bits per heavy atom. The SMILES string of the molecule is O=C(Cc1ccccc1)Oc1ccc2c(c1)O/C(=C\c1cc(Br)cc3c1OCOC3)C2=O. The molecule has 2 heterocycles. The molecule has 0 amide bonds. The molecule has 0 spiro atoms. The zero-order valence-electron chi connectivity index (χ0n) is 16.8. The lowest BCUT2D eigenvalue weighted by Gasteiger charge is -2.20. The molecule has 160 valence electrons. The van der Waals surface area contributed by atoms with Gasteiger partial charge in [0.15, 0.2) is 12.6 Å². The third kappa shape index (κ3) is 4.17. The molecule has 0 aromatic heterocycles. The van der Waals surface area contributed by atoms with Gasteiger partial charge in [-0.1, -0.05) is 46.3 Å². The van der Waals surface area contributed by atoms with Crippen LogP contribution in [0.15, 0.2) is 70.9 Å². The highest BCUT2D eigenvalue weighted by Crippen LogP contribution is 2.38. The Bertz CT molecular complexity index is 1250. The number of carbonyl (C=O) groups is 2. The van der Waals surface area contributed by atoms with Crippen LogP contribution in [-0.2, 0) is 22.6 Å². The molecule has 32 heavy (non-hydrogen) atoms. The van der Waals surface area contributed by atoms with Crippen LogP contribution in [0.4, 0.5) is 0 Å². The number of fused-ring (bicyclic) bond motifs is 2. The van der Waals surface area contributed by atoms with Gasteiger partial charge in [-0.05, 0) is 35.9 Å². The van der Waals surface area contributed by atoms with Gasteiger partial charge in [0, 0.05) is 21.7 Å². The monoisotopic (exact) mass is 492 g/mol. The van der Waals surface area contributed by atoms with Crippen molar-refractivity contribution >= 4 is 33.8 Å². The Balaban J connectivity index is 1.36. The molecule has 0 radical (unpaired) electrons. The van der Waals surface area contributed by atoms with Gasteiger partial charge in [0.05, 0.1) is 18.6 Å². The number of halogens is 1. The average Bonchev–Trinajstić information content (AvgIpc) is 3.09. The minimum absolute atomic E-state index is 0.150. The zero-order chi connectivity index (χ0) is 22.1. The minimum atomic E-state index is -0.392. The molecular weight excluding hydrogens is 476 g/mol. The van der Waals surface area contributed by atoms with Crippen LogP contribution in [0.2, 0.25) is 0 Å². The molecule has 5 rings (SSSR count). The summed E-state index contributed by atoms with van der Waals surface area (Å²) in [5.41, 5.74) is 2.86. The predicted octanol–water partition coefficient (Wildman–Crippen LogP) is 5.08. The number of hydrogen-bond acceptors (Lipinski definition) is 6. The third-order valence-corrected chi connectivity index (χ3v) is 5.51. The molecule has 2 aliphatic rings. The largest absolute Gasteiger partial charge is 0.467 e. The van der Waals surface area contributed by atoms with E-state index in [0.29, 0.717) is 35.0 Å². The summed E-state index contributed by atoms with van der Waals surface area (Å²) < 4.78 is 23.0. The van der Waals surface area contributed by atoms with Crippen LogP contribution in [0.1, 0.15) is 27.0 Å². The van der Waals surface area contributed by atoms with Gasteiger partial charge in [0.2, 0.25) is 5.78 Å². The first kappa shape index (κ1) is 20.5. The van der Waals surface area contributed by atoms with E-state index in [0.717, 1.165) is 15.6 Å². The standard InChI is InChI=1S/C25H17BrO6/c26-18-9-16(25-17(10-18)13-29-14-30-25)11-22-24(28)20-7-6-19(12-21(20)32-22)31-23(27)8-15-4-2-1-3-5-15/h1-7,9-12H,8,13-14H2/b22-11-. The average molecular weight is 493 g/mol. The molecule has 0 fully saturated rings.